The number of aryl methyl sites for hydroxylation is 2. The summed E-state index contributed by atoms with van der Waals surface area (Å²) in [6, 6.07) is 4.55. The Morgan fingerprint density at radius 3 is 2.57 bits per heavy atom. The maximum atomic E-state index is 5.53. The Kier molecular flexibility index (Phi) is 4.49. The Morgan fingerprint density at radius 1 is 1.29 bits per heavy atom. The quantitative estimate of drug-likeness (QED) is 0.772. The first-order chi connectivity index (χ1) is 6.69. The minimum Gasteiger partial charge on any atom is -0.330 e. The second kappa shape index (κ2) is 5.42. The van der Waals surface area contributed by atoms with Gasteiger partial charge in [0, 0.05) is 4.90 Å². The molecule has 1 aromatic rings. The molecule has 78 valence electrons. The second-order valence-corrected chi connectivity index (χ2v) is 4.50. The predicted molar refractivity (Wildman–Crippen MR) is 65.1 cm³/mol. The molecule has 0 atom stereocenters. The van der Waals surface area contributed by atoms with Crippen LogP contribution in [0.4, 0.5) is 0 Å². The number of hydrogen-bond donors (Lipinski definition) is 1. The maximum absolute atomic E-state index is 5.53. The van der Waals surface area contributed by atoms with Crippen LogP contribution in [0.2, 0.25) is 0 Å². The zero-order valence-corrected chi connectivity index (χ0v) is 10.1. The molecule has 0 spiro atoms. The molecule has 0 bridgehead atoms. The molecule has 0 aliphatic heterocycles. The molecular weight excluding hydrogens is 190 g/mol. The summed E-state index contributed by atoms with van der Waals surface area (Å²) in [5.41, 5.74) is 9.81. The van der Waals surface area contributed by atoms with E-state index in [9.17, 15) is 0 Å². The van der Waals surface area contributed by atoms with Crippen LogP contribution >= 0.6 is 11.8 Å². The van der Waals surface area contributed by atoms with Crippen molar-refractivity contribution in [3.8, 4) is 0 Å². The van der Waals surface area contributed by atoms with Crippen LogP contribution in [0.15, 0.2) is 17.0 Å². The standard InChI is InChI=1S/C12H19NS/c1-9-7-12(14-3)8-11(10(9)2)5-4-6-13/h7-8H,4-6,13H2,1-3H3. The summed E-state index contributed by atoms with van der Waals surface area (Å²) in [5, 5.41) is 0. The van der Waals surface area contributed by atoms with E-state index in [1.165, 1.54) is 21.6 Å². The van der Waals surface area contributed by atoms with Crippen molar-refractivity contribution < 1.29 is 0 Å². The van der Waals surface area contributed by atoms with Gasteiger partial charge in [0.2, 0.25) is 0 Å². The number of benzene rings is 1. The summed E-state index contributed by atoms with van der Waals surface area (Å²) >= 11 is 1.81. The molecule has 0 amide bonds. The van der Waals surface area contributed by atoms with Gasteiger partial charge in [-0.25, -0.2) is 0 Å². The molecule has 0 radical (unpaired) electrons. The van der Waals surface area contributed by atoms with E-state index < -0.39 is 0 Å². The molecule has 0 heterocycles. The van der Waals surface area contributed by atoms with Crippen molar-refractivity contribution in [3.05, 3.63) is 28.8 Å². The summed E-state index contributed by atoms with van der Waals surface area (Å²) in [4.78, 5) is 1.36. The molecule has 0 aromatic heterocycles. The van der Waals surface area contributed by atoms with Crippen LogP contribution < -0.4 is 5.73 Å². The van der Waals surface area contributed by atoms with Crippen LogP contribution in [0.3, 0.4) is 0 Å². The summed E-state index contributed by atoms with van der Waals surface area (Å²) in [6.45, 7) is 5.16. The topological polar surface area (TPSA) is 26.0 Å². The average Bonchev–Trinajstić information content (AvgIpc) is 2.20. The van der Waals surface area contributed by atoms with Gasteiger partial charge in [-0.1, -0.05) is 0 Å². The zero-order chi connectivity index (χ0) is 10.6. The molecule has 0 saturated heterocycles. The van der Waals surface area contributed by atoms with Gasteiger partial charge in [-0.15, -0.1) is 11.8 Å². The Morgan fingerprint density at radius 2 is 2.00 bits per heavy atom. The second-order valence-electron chi connectivity index (χ2n) is 3.62. The highest BCUT2D eigenvalue weighted by Gasteiger charge is 2.03. The van der Waals surface area contributed by atoms with E-state index in [4.69, 9.17) is 5.73 Å². The predicted octanol–water partition coefficient (Wildman–Crippen LogP) is 2.92. The van der Waals surface area contributed by atoms with Crippen LogP contribution in [0.25, 0.3) is 0 Å². The summed E-state index contributed by atoms with van der Waals surface area (Å²) in [6.07, 6.45) is 4.31. The summed E-state index contributed by atoms with van der Waals surface area (Å²) < 4.78 is 0. The first-order valence-electron chi connectivity index (χ1n) is 5.03. The van der Waals surface area contributed by atoms with E-state index in [1.54, 1.807) is 0 Å². The van der Waals surface area contributed by atoms with Gasteiger partial charge in [0.25, 0.3) is 0 Å². The Hall–Kier alpha value is -0.470. The van der Waals surface area contributed by atoms with Gasteiger partial charge >= 0.3 is 0 Å². The lowest BCUT2D eigenvalue weighted by molar-refractivity contribution is 0.824. The molecule has 1 aromatic carbocycles. The average molecular weight is 209 g/mol. The Balaban J connectivity index is 2.95. The van der Waals surface area contributed by atoms with Crippen molar-refractivity contribution in [2.75, 3.05) is 12.8 Å². The Bertz CT molecular complexity index is 307. The van der Waals surface area contributed by atoms with Crippen molar-refractivity contribution in [3.63, 3.8) is 0 Å². The molecule has 0 saturated carbocycles. The van der Waals surface area contributed by atoms with E-state index in [2.05, 4.69) is 32.2 Å². The van der Waals surface area contributed by atoms with Gasteiger partial charge in [0.15, 0.2) is 0 Å². The van der Waals surface area contributed by atoms with Crippen LogP contribution in [0.1, 0.15) is 23.1 Å². The minimum atomic E-state index is 0.780. The van der Waals surface area contributed by atoms with Crippen molar-refractivity contribution >= 4 is 11.8 Å². The smallest absolute Gasteiger partial charge is 0.00746 e. The van der Waals surface area contributed by atoms with Crippen molar-refractivity contribution in [1.29, 1.82) is 0 Å². The van der Waals surface area contributed by atoms with Crippen molar-refractivity contribution in [1.82, 2.24) is 0 Å². The minimum absolute atomic E-state index is 0.780. The number of rotatable bonds is 4. The van der Waals surface area contributed by atoms with Crippen molar-refractivity contribution in [2.45, 2.75) is 31.6 Å². The third kappa shape index (κ3) is 2.76. The SMILES string of the molecule is CSc1cc(C)c(C)c(CCCN)c1. The molecule has 0 aliphatic carbocycles. The van der Waals surface area contributed by atoms with E-state index in [-0.39, 0.29) is 0 Å². The van der Waals surface area contributed by atoms with E-state index in [1.807, 2.05) is 11.8 Å². The van der Waals surface area contributed by atoms with Crippen LogP contribution in [-0.4, -0.2) is 12.8 Å². The number of thioether (sulfide) groups is 1. The molecule has 1 rings (SSSR count). The fraction of sp³-hybridized carbons (Fsp3) is 0.500. The monoisotopic (exact) mass is 209 g/mol. The molecule has 0 unspecified atom stereocenters. The van der Waals surface area contributed by atoms with Gasteiger partial charge in [-0.2, -0.15) is 0 Å². The van der Waals surface area contributed by atoms with E-state index >= 15 is 0 Å². The van der Waals surface area contributed by atoms with Crippen molar-refractivity contribution in [2.24, 2.45) is 5.73 Å². The maximum Gasteiger partial charge on any atom is 0.00746 e. The molecule has 0 fully saturated rings. The van der Waals surface area contributed by atoms with Gasteiger partial charge in [0.1, 0.15) is 0 Å². The summed E-state index contributed by atoms with van der Waals surface area (Å²) in [7, 11) is 0. The Labute approximate surface area is 91.1 Å². The van der Waals surface area contributed by atoms with Gasteiger partial charge in [-0.3, -0.25) is 0 Å². The molecule has 1 nitrogen and oxygen atoms in total. The number of hydrogen-bond acceptors (Lipinski definition) is 2. The highest BCUT2D eigenvalue weighted by molar-refractivity contribution is 7.98. The molecular formula is C12H19NS. The summed E-state index contributed by atoms with van der Waals surface area (Å²) in [5.74, 6) is 0. The van der Waals surface area contributed by atoms with E-state index in [0.717, 1.165) is 19.4 Å². The normalized spacial score (nSPS) is 10.6. The third-order valence-corrected chi connectivity index (χ3v) is 3.34. The van der Waals surface area contributed by atoms with Gasteiger partial charge in [-0.05, 0) is 68.3 Å². The molecule has 2 heteroatoms. The lowest BCUT2D eigenvalue weighted by Crippen LogP contribution is -2.02. The lowest BCUT2D eigenvalue weighted by atomic mass is 10.00. The largest absolute Gasteiger partial charge is 0.330 e. The lowest BCUT2D eigenvalue weighted by Gasteiger charge is -2.10. The molecule has 14 heavy (non-hydrogen) atoms. The zero-order valence-electron chi connectivity index (χ0n) is 9.26. The third-order valence-electron chi connectivity index (χ3n) is 2.63. The first kappa shape index (κ1) is 11.6. The molecule has 2 N–H and O–H groups in total. The van der Waals surface area contributed by atoms with Crippen LogP contribution in [0.5, 0.6) is 0 Å². The first-order valence-corrected chi connectivity index (χ1v) is 6.25. The fourth-order valence-corrected chi connectivity index (χ4v) is 2.12. The van der Waals surface area contributed by atoms with Gasteiger partial charge < -0.3 is 5.73 Å². The fourth-order valence-electron chi connectivity index (χ4n) is 1.57. The van der Waals surface area contributed by atoms with Crippen LogP contribution in [0, 0.1) is 13.8 Å². The van der Waals surface area contributed by atoms with Crippen LogP contribution in [-0.2, 0) is 6.42 Å². The number of nitrogens with two attached hydrogens (primary N) is 1. The molecule has 0 aliphatic rings. The highest BCUT2D eigenvalue weighted by atomic mass is 32.2. The van der Waals surface area contributed by atoms with E-state index in [0.29, 0.717) is 0 Å². The van der Waals surface area contributed by atoms with Gasteiger partial charge in [0.05, 0.1) is 0 Å². The highest BCUT2D eigenvalue weighted by Crippen LogP contribution is 2.23.